The molecule has 1 heterocycles. The van der Waals surface area contributed by atoms with Crippen LogP contribution in [0, 0.1) is 0 Å². The van der Waals surface area contributed by atoms with E-state index in [1.165, 1.54) is 0 Å². The second-order valence-corrected chi connectivity index (χ2v) is 4.87. The van der Waals surface area contributed by atoms with Crippen LogP contribution in [0.25, 0.3) is 0 Å². The van der Waals surface area contributed by atoms with E-state index >= 15 is 0 Å². The first-order valence-corrected chi connectivity index (χ1v) is 7.01. The minimum Gasteiger partial charge on any atom is -0.478 e. The summed E-state index contributed by atoms with van der Waals surface area (Å²) in [4.78, 5) is 16.4. The number of carbonyl (C=O) groups excluding carboxylic acids is 1. The van der Waals surface area contributed by atoms with Crippen LogP contribution in [0.2, 0.25) is 0 Å². The molecule has 5 nitrogen and oxygen atoms in total. The van der Waals surface area contributed by atoms with Gasteiger partial charge in [-0.25, -0.2) is 4.98 Å². The lowest BCUT2D eigenvalue weighted by Crippen LogP contribution is -2.41. The van der Waals surface area contributed by atoms with Gasteiger partial charge >= 0.3 is 0 Å². The van der Waals surface area contributed by atoms with E-state index < -0.39 is 5.60 Å². The monoisotopic (exact) mass is 280 g/mol. The molecule has 0 spiro atoms. The Morgan fingerprint density at radius 2 is 2.10 bits per heavy atom. The van der Waals surface area contributed by atoms with E-state index in [4.69, 9.17) is 9.47 Å². The van der Waals surface area contributed by atoms with Gasteiger partial charge in [-0.2, -0.15) is 0 Å². The molecular weight excluding hydrogens is 256 g/mol. The van der Waals surface area contributed by atoms with E-state index in [9.17, 15) is 4.79 Å². The topological polar surface area (TPSA) is 60.5 Å². The van der Waals surface area contributed by atoms with Crippen molar-refractivity contribution in [2.45, 2.75) is 45.6 Å². The molecule has 1 amide bonds. The predicted octanol–water partition coefficient (Wildman–Crippen LogP) is 3.01. The predicted molar refractivity (Wildman–Crippen MR) is 79.0 cm³/mol. The molecule has 5 heteroatoms. The largest absolute Gasteiger partial charge is 0.478 e. The van der Waals surface area contributed by atoms with Gasteiger partial charge in [-0.3, -0.25) is 4.79 Å². The molecule has 0 aromatic carbocycles. The number of carbonyl (C=O) groups is 1. The first kappa shape index (κ1) is 16.4. The summed E-state index contributed by atoms with van der Waals surface area (Å²) in [5, 5.41) is 2.82. The zero-order chi connectivity index (χ0) is 15.0. The van der Waals surface area contributed by atoms with Crippen LogP contribution in [-0.2, 0) is 9.53 Å². The van der Waals surface area contributed by atoms with Crippen LogP contribution in [0.5, 0.6) is 5.88 Å². The summed E-state index contributed by atoms with van der Waals surface area (Å²) in [6.07, 6.45) is 4.06. The van der Waals surface area contributed by atoms with Crippen molar-refractivity contribution in [1.29, 1.82) is 0 Å². The Balaban J connectivity index is 2.65. The lowest BCUT2D eigenvalue weighted by Gasteiger charge is -2.26. The van der Waals surface area contributed by atoms with Gasteiger partial charge in [-0.05, 0) is 25.8 Å². The number of hydrogen-bond donors (Lipinski definition) is 1. The fourth-order valence-electron chi connectivity index (χ4n) is 1.79. The number of rotatable bonds is 8. The molecular formula is C15H24N2O3. The van der Waals surface area contributed by atoms with E-state index in [0.29, 0.717) is 24.6 Å². The van der Waals surface area contributed by atoms with Crippen LogP contribution in [0.1, 0.15) is 40.0 Å². The highest BCUT2D eigenvalue weighted by Crippen LogP contribution is 2.20. The van der Waals surface area contributed by atoms with Gasteiger partial charge in [0.05, 0.1) is 18.5 Å². The molecule has 0 fully saturated rings. The number of aromatic nitrogens is 1. The van der Waals surface area contributed by atoms with Crippen LogP contribution in [0.4, 0.5) is 5.69 Å². The van der Waals surface area contributed by atoms with Crippen molar-refractivity contribution < 1.29 is 14.3 Å². The van der Waals surface area contributed by atoms with Crippen LogP contribution in [-0.4, -0.2) is 30.2 Å². The SMILES string of the molecule is CCCOc1ccc(NC(=O)[C@](C)(CCC)OC)cn1. The Morgan fingerprint density at radius 3 is 2.60 bits per heavy atom. The van der Waals surface area contributed by atoms with Gasteiger partial charge < -0.3 is 14.8 Å². The van der Waals surface area contributed by atoms with Crippen molar-refractivity contribution in [3.05, 3.63) is 18.3 Å². The maximum absolute atomic E-state index is 12.2. The maximum Gasteiger partial charge on any atom is 0.256 e. The van der Waals surface area contributed by atoms with Crippen molar-refractivity contribution >= 4 is 11.6 Å². The average molecular weight is 280 g/mol. The molecule has 1 aromatic rings. The highest BCUT2D eigenvalue weighted by Gasteiger charge is 2.32. The molecule has 112 valence electrons. The number of ether oxygens (including phenoxy) is 2. The first-order valence-electron chi connectivity index (χ1n) is 7.01. The molecule has 0 unspecified atom stereocenters. The summed E-state index contributed by atoms with van der Waals surface area (Å²) < 4.78 is 10.7. The highest BCUT2D eigenvalue weighted by molar-refractivity contribution is 5.96. The smallest absolute Gasteiger partial charge is 0.256 e. The van der Waals surface area contributed by atoms with Gasteiger partial charge in [-0.1, -0.05) is 20.3 Å². The zero-order valence-electron chi connectivity index (χ0n) is 12.7. The van der Waals surface area contributed by atoms with Gasteiger partial charge in [0.25, 0.3) is 5.91 Å². The number of pyridine rings is 1. The second kappa shape index (κ2) is 7.85. The summed E-state index contributed by atoms with van der Waals surface area (Å²) in [6, 6.07) is 3.52. The average Bonchev–Trinajstić information content (AvgIpc) is 2.46. The van der Waals surface area contributed by atoms with E-state index in [1.807, 2.05) is 13.8 Å². The molecule has 0 bridgehead atoms. The summed E-state index contributed by atoms with van der Waals surface area (Å²) >= 11 is 0. The van der Waals surface area contributed by atoms with E-state index in [1.54, 1.807) is 32.4 Å². The summed E-state index contributed by atoms with van der Waals surface area (Å²) in [5.74, 6) is 0.402. The molecule has 1 N–H and O–H groups in total. The van der Waals surface area contributed by atoms with Crippen molar-refractivity contribution in [3.8, 4) is 5.88 Å². The fraction of sp³-hybridized carbons (Fsp3) is 0.600. The molecule has 0 aliphatic carbocycles. The quantitative estimate of drug-likeness (QED) is 0.795. The number of nitrogens with one attached hydrogen (secondary N) is 1. The minimum absolute atomic E-state index is 0.161. The molecule has 1 aromatic heterocycles. The van der Waals surface area contributed by atoms with E-state index in [2.05, 4.69) is 10.3 Å². The van der Waals surface area contributed by atoms with Crippen molar-refractivity contribution in [2.24, 2.45) is 0 Å². The van der Waals surface area contributed by atoms with Crippen LogP contribution >= 0.6 is 0 Å². The minimum atomic E-state index is -0.813. The highest BCUT2D eigenvalue weighted by atomic mass is 16.5. The molecule has 1 rings (SSSR count). The standard InChI is InChI=1S/C15H24N2O3/c1-5-9-15(3,19-4)14(18)17-12-7-8-13(16-11-12)20-10-6-2/h7-8,11H,5-6,9-10H2,1-4H3,(H,17,18)/t15-/m0/s1. The Hall–Kier alpha value is -1.62. The normalized spacial score (nSPS) is 13.6. The third-order valence-electron chi connectivity index (χ3n) is 3.11. The summed E-state index contributed by atoms with van der Waals surface area (Å²) in [6.45, 7) is 6.48. The fourth-order valence-corrected chi connectivity index (χ4v) is 1.79. The molecule has 0 saturated heterocycles. The van der Waals surface area contributed by atoms with Gasteiger partial charge in [-0.15, -0.1) is 0 Å². The third kappa shape index (κ3) is 4.49. The van der Waals surface area contributed by atoms with Crippen LogP contribution in [0.15, 0.2) is 18.3 Å². The molecule has 0 aliphatic heterocycles. The van der Waals surface area contributed by atoms with Crippen molar-refractivity contribution in [1.82, 2.24) is 4.98 Å². The third-order valence-corrected chi connectivity index (χ3v) is 3.11. The Kier molecular flexibility index (Phi) is 6.45. The summed E-state index contributed by atoms with van der Waals surface area (Å²) in [5.41, 5.74) is -0.176. The second-order valence-electron chi connectivity index (χ2n) is 4.87. The zero-order valence-corrected chi connectivity index (χ0v) is 12.7. The van der Waals surface area contributed by atoms with Crippen LogP contribution < -0.4 is 10.1 Å². The number of methoxy groups -OCH3 is 1. The summed E-state index contributed by atoms with van der Waals surface area (Å²) in [7, 11) is 1.55. The molecule has 1 atom stereocenters. The van der Waals surface area contributed by atoms with E-state index in [0.717, 1.165) is 12.8 Å². The van der Waals surface area contributed by atoms with Gasteiger partial charge in [0.15, 0.2) is 0 Å². The van der Waals surface area contributed by atoms with Crippen molar-refractivity contribution in [3.63, 3.8) is 0 Å². The number of amides is 1. The Bertz CT molecular complexity index is 420. The lowest BCUT2D eigenvalue weighted by molar-refractivity contribution is -0.136. The molecule has 20 heavy (non-hydrogen) atoms. The number of hydrogen-bond acceptors (Lipinski definition) is 4. The van der Waals surface area contributed by atoms with Gasteiger partial charge in [0, 0.05) is 13.2 Å². The Labute approximate surface area is 120 Å². The van der Waals surface area contributed by atoms with E-state index in [-0.39, 0.29) is 5.91 Å². The van der Waals surface area contributed by atoms with Crippen molar-refractivity contribution in [2.75, 3.05) is 19.0 Å². The lowest BCUT2D eigenvalue weighted by atomic mass is 9.99. The van der Waals surface area contributed by atoms with Gasteiger partial charge in [0.1, 0.15) is 5.60 Å². The Morgan fingerprint density at radius 1 is 1.35 bits per heavy atom. The molecule has 0 saturated carbocycles. The number of anilines is 1. The molecule has 0 radical (unpaired) electrons. The first-order chi connectivity index (χ1) is 9.55. The van der Waals surface area contributed by atoms with Crippen LogP contribution in [0.3, 0.4) is 0 Å². The van der Waals surface area contributed by atoms with Gasteiger partial charge in [0.2, 0.25) is 5.88 Å². The maximum atomic E-state index is 12.2. The molecule has 0 aliphatic rings. The number of nitrogens with zero attached hydrogens (tertiary/aromatic N) is 1.